The van der Waals surface area contributed by atoms with Crippen molar-refractivity contribution >= 4 is 12.2 Å². The van der Waals surface area contributed by atoms with Crippen molar-refractivity contribution in [2.45, 2.75) is 13.8 Å². The van der Waals surface area contributed by atoms with Gasteiger partial charge in [0.1, 0.15) is 6.26 Å². The second-order valence-corrected chi connectivity index (χ2v) is 1.64. The minimum absolute atomic E-state index is 0.421. The molecular formula is C7H12N2O2. The summed E-state index contributed by atoms with van der Waals surface area (Å²) in [5.41, 5.74) is 0. The minimum Gasteiger partial charge on any atom is -0.384 e. The molecule has 0 spiro atoms. The van der Waals surface area contributed by atoms with Gasteiger partial charge in [-0.3, -0.25) is 0 Å². The first-order valence-corrected chi connectivity index (χ1v) is 3.34. The molecule has 0 aliphatic rings. The first kappa shape index (κ1) is 9.68. The molecule has 0 fully saturated rings. The monoisotopic (exact) mass is 156 g/mol. The molecule has 2 amide bonds. The number of carbonyl (C=O) groups is 1. The van der Waals surface area contributed by atoms with E-state index in [0.717, 1.165) is 5.06 Å². The van der Waals surface area contributed by atoms with Crippen molar-refractivity contribution in [1.29, 1.82) is 0 Å². The van der Waals surface area contributed by atoms with Gasteiger partial charge in [0.15, 0.2) is 0 Å². The highest BCUT2D eigenvalue weighted by Gasteiger charge is 2.07. The van der Waals surface area contributed by atoms with Gasteiger partial charge < -0.3 is 4.84 Å². The first-order chi connectivity index (χ1) is 5.26. The van der Waals surface area contributed by atoms with Crippen molar-refractivity contribution in [3.8, 4) is 0 Å². The van der Waals surface area contributed by atoms with Gasteiger partial charge in [0, 0.05) is 6.21 Å². The van der Waals surface area contributed by atoms with Crippen LogP contribution in [0.15, 0.2) is 17.8 Å². The molecule has 11 heavy (non-hydrogen) atoms. The standard InChI is InChI=1S/C7H12N2O2/c1-4-8-7(10)9(5-2)11-6-3/h4,6H,3,5H2,1-2H3. The Morgan fingerprint density at radius 3 is 2.82 bits per heavy atom. The number of hydrogen-bond acceptors (Lipinski definition) is 2. The van der Waals surface area contributed by atoms with Crippen molar-refractivity contribution in [2.24, 2.45) is 4.99 Å². The molecule has 0 radical (unpaired) electrons. The number of amides is 2. The van der Waals surface area contributed by atoms with Gasteiger partial charge in [-0.2, -0.15) is 5.06 Å². The van der Waals surface area contributed by atoms with Crippen molar-refractivity contribution in [3.63, 3.8) is 0 Å². The molecule has 0 saturated carbocycles. The summed E-state index contributed by atoms with van der Waals surface area (Å²) in [6.07, 6.45) is 2.60. The maximum absolute atomic E-state index is 10.9. The lowest BCUT2D eigenvalue weighted by atomic mass is 10.7. The molecule has 0 aromatic heterocycles. The maximum atomic E-state index is 10.9. The van der Waals surface area contributed by atoms with Crippen LogP contribution >= 0.6 is 0 Å². The van der Waals surface area contributed by atoms with Gasteiger partial charge in [0.05, 0.1) is 6.54 Å². The van der Waals surface area contributed by atoms with E-state index in [1.165, 1.54) is 12.5 Å². The lowest BCUT2D eigenvalue weighted by Crippen LogP contribution is -2.26. The Labute approximate surface area is 66.1 Å². The molecule has 0 aliphatic heterocycles. The van der Waals surface area contributed by atoms with Crippen LogP contribution in [0, 0.1) is 0 Å². The van der Waals surface area contributed by atoms with Crippen LogP contribution in [-0.4, -0.2) is 23.9 Å². The summed E-state index contributed by atoms with van der Waals surface area (Å²) in [5, 5.41) is 1.10. The highest BCUT2D eigenvalue weighted by atomic mass is 16.7. The largest absolute Gasteiger partial charge is 0.384 e. The number of carbonyl (C=O) groups excluding carboxylic acids is 1. The van der Waals surface area contributed by atoms with E-state index in [4.69, 9.17) is 4.84 Å². The normalized spacial score (nSPS) is 9.64. The SMILES string of the molecule is C=CON(CC)C(=O)N=CC. The van der Waals surface area contributed by atoms with Crippen LogP contribution in [0.25, 0.3) is 0 Å². The Bertz CT molecular complexity index is 166. The molecule has 0 N–H and O–H groups in total. The summed E-state index contributed by atoms with van der Waals surface area (Å²) in [4.78, 5) is 19.2. The zero-order valence-corrected chi connectivity index (χ0v) is 6.78. The molecule has 0 atom stereocenters. The maximum Gasteiger partial charge on any atom is 0.376 e. The molecule has 0 heterocycles. The number of urea groups is 1. The summed E-state index contributed by atoms with van der Waals surface area (Å²) in [5.74, 6) is 0. The van der Waals surface area contributed by atoms with Crippen molar-refractivity contribution < 1.29 is 9.63 Å². The van der Waals surface area contributed by atoms with Gasteiger partial charge in [0.2, 0.25) is 0 Å². The summed E-state index contributed by atoms with van der Waals surface area (Å²) >= 11 is 0. The van der Waals surface area contributed by atoms with Gasteiger partial charge in [-0.05, 0) is 13.8 Å². The molecule has 4 nitrogen and oxygen atoms in total. The summed E-state index contributed by atoms with van der Waals surface area (Å²) < 4.78 is 0. The average molecular weight is 156 g/mol. The van der Waals surface area contributed by atoms with E-state index in [1.54, 1.807) is 13.8 Å². The molecule has 0 saturated heterocycles. The van der Waals surface area contributed by atoms with Gasteiger partial charge in [-0.25, -0.2) is 9.79 Å². The van der Waals surface area contributed by atoms with E-state index in [2.05, 4.69) is 11.6 Å². The average Bonchev–Trinajstić information content (AvgIpc) is 2.00. The smallest absolute Gasteiger partial charge is 0.376 e. The van der Waals surface area contributed by atoms with Crippen LogP contribution < -0.4 is 0 Å². The predicted octanol–water partition coefficient (Wildman–Crippen LogP) is 1.59. The number of aliphatic imine (C=N–C) groups is 1. The topological polar surface area (TPSA) is 41.9 Å². The molecule has 0 bridgehead atoms. The fourth-order valence-corrected chi connectivity index (χ4v) is 0.520. The third-order valence-electron chi connectivity index (χ3n) is 0.942. The van der Waals surface area contributed by atoms with E-state index >= 15 is 0 Å². The van der Waals surface area contributed by atoms with Crippen LogP contribution in [0.2, 0.25) is 0 Å². The molecule has 0 aromatic rings. The van der Waals surface area contributed by atoms with E-state index in [-0.39, 0.29) is 0 Å². The van der Waals surface area contributed by atoms with Crippen molar-refractivity contribution in [2.75, 3.05) is 6.54 Å². The van der Waals surface area contributed by atoms with Gasteiger partial charge in [0.25, 0.3) is 0 Å². The van der Waals surface area contributed by atoms with Gasteiger partial charge in [-0.15, -0.1) is 0 Å². The van der Waals surface area contributed by atoms with Crippen LogP contribution in [-0.2, 0) is 4.84 Å². The third-order valence-corrected chi connectivity index (χ3v) is 0.942. The highest BCUT2D eigenvalue weighted by molar-refractivity contribution is 5.82. The Balaban J connectivity index is 4.01. The Kier molecular flexibility index (Phi) is 4.81. The molecule has 0 aliphatic carbocycles. The quantitative estimate of drug-likeness (QED) is 0.354. The molecule has 0 rings (SSSR count). The van der Waals surface area contributed by atoms with E-state index in [1.807, 2.05) is 0 Å². The second-order valence-electron chi connectivity index (χ2n) is 1.64. The number of rotatable bonds is 3. The molecule has 0 unspecified atom stereocenters. The summed E-state index contributed by atoms with van der Waals surface area (Å²) in [7, 11) is 0. The number of hydrogen-bond donors (Lipinski definition) is 0. The van der Waals surface area contributed by atoms with Crippen LogP contribution in [0.3, 0.4) is 0 Å². The zero-order valence-electron chi connectivity index (χ0n) is 6.78. The number of nitrogens with zero attached hydrogens (tertiary/aromatic N) is 2. The summed E-state index contributed by atoms with van der Waals surface area (Å²) in [6, 6.07) is -0.421. The fourth-order valence-electron chi connectivity index (χ4n) is 0.520. The second kappa shape index (κ2) is 5.46. The fraction of sp³-hybridized carbons (Fsp3) is 0.429. The number of hydroxylamine groups is 2. The minimum atomic E-state index is -0.421. The van der Waals surface area contributed by atoms with E-state index in [9.17, 15) is 4.79 Å². The zero-order chi connectivity index (χ0) is 8.69. The lowest BCUT2D eigenvalue weighted by molar-refractivity contribution is -0.0487. The summed E-state index contributed by atoms with van der Waals surface area (Å²) in [6.45, 7) is 7.22. The van der Waals surface area contributed by atoms with Crippen molar-refractivity contribution in [3.05, 3.63) is 12.8 Å². The van der Waals surface area contributed by atoms with Crippen LogP contribution in [0.4, 0.5) is 4.79 Å². The molecule has 62 valence electrons. The van der Waals surface area contributed by atoms with E-state index < -0.39 is 6.03 Å². The third kappa shape index (κ3) is 3.40. The Morgan fingerprint density at radius 1 is 1.82 bits per heavy atom. The lowest BCUT2D eigenvalue weighted by Gasteiger charge is -2.14. The molecule has 4 heteroatoms. The Morgan fingerprint density at radius 2 is 2.45 bits per heavy atom. The van der Waals surface area contributed by atoms with Crippen molar-refractivity contribution in [1.82, 2.24) is 5.06 Å². The van der Waals surface area contributed by atoms with Crippen LogP contribution in [0.5, 0.6) is 0 Å². The van der Waals surface area contributed by atoms with E-state index in [0.29, 0.717) is 6.54 Å². The predicted molar refractivity (Wildman–Crippen MR) is 43.2 cm³/mol. The Hall–Kier alpha value is -1.32. The van der Waals surface area contributed by atoms with Gasteiger partial charge >= 0.3 is 6.03 Å². The molecular weight excluding hydrogens is 144 g/mol. The van der Waals surface area contributed by atoms with Crippen LogP contribution in [0.1, 0.15) is 13.8 Å². The highest BCUT2D eigenvalue weighted by Crippen LogP contribution is 1.93. The van der Waals surface area contributed by atoms with Gasteiger partial charge in [-0.1, -0.05) is 6.58 Å². The molecule has 0 aromatic carbocycles. The first-order valence-electron chi connectivity index (χ1n) is 3.34.